The van der Waals surface area contributed by atoms with Gasteiger partial charge < -0.3 is 4.74 Å². The first-order valence-corrected chi connectivity index (χ1v) is 11.7. The lowest BCUT2D eigenvalue weighted by Gasteiger charge is -2.31. The van der Waals surface area contributed by atoms with Crippen LogP contribution in [-0.2, 0) is 14.9 Å². The SMILES string of the molecule is CN1CCOCC1CCN=C=NC1CCCCC1.Cc1ccc(S(=O)(=O)O)cc1. The Morgan fingerprint density at radius 3 is 2.52 bits per heavy atom. The first-order valence-electron chi connectivity index (χ1n) is 10.3. The molecule has 1 aliphatic heterocycles. The topological polar surface area (TPSA) is 91.6 Å². The number of benzene rings is 1. The number of nitrogens with zero attached hydrogens (tertiary/aromatic N) is 3. The van der Waals surface area contributed by atoms with E-state index in [-0.39, 0.29) is 4.90 Å². The Labute approximate surface area is 174 Å². The predicted molar refractivity (Wildman–Crippen MR) is 114 cm³/mol. The van der Waals surface area contributed by atoms with Crippen molar-refractivity contribution in [2.24, 2.45) is 9.98 Å². The predicted octanol–water partition coefficient (Wildman–Crippen LogP) is 3.46. The van der Waals surface area contributed by atoms with Crippen LogP contribution in [0.5, 0.6) is 0 Å². The minimum absolute atomic E-state index is 0.0666. The van der Waals surface area contributed by atoms with Gasteiger partial charge in [0.2, 0.25) is 0 Å². The fraction of sp³-hybridized carbons (Fsp3) is 0.667. The van der Waals surface area contributed by atoms with Crippen molar-refractivity contribution in [1.29, 1.82) is 0 Å². The molecule has 29 heavy (non-hydrogen) atoms. The molecule has 0 amide bonds. The van der Waals surface area contributed by atoms with Gasteiger partial charge >= 0.3 is 0 Å². The Morgan fingerprint density at radius 1 is 1.21 bits per heavy atom. The molecule has 1 saturated heterocycles. The average Bonchev–Trinajstić information content (AvgIpc) is 2.70. The maximum atomic E-state index is 10.5. The Balaban J connectivity index is 0.000000234. The van der Waals surface area contributed by atoms with Gasteiger partial charge in [0.1, 0.15) is 0 Å². The summed E-state index contributed by atoms with van der Waals surface area (Å²) >= 11 is 0. The van der Waals surface area contributed by atoms with Gasteiger partial charge in [0, 0.05) is 12.6 Å². The van der Waals surface area contributed by atoms with Crippen molar-refractivity contribution < 1.29 is 17.7 Å². The van der Waals surface area contributed by atoms with Crippen LogP contribution in [-0.4, -0.2) is 69.3 Å². The number of hydrogen-bond acceptors (Lipinski definition) is 6. The summed E-state index contributed by atoms with van der Waals surface area (Å²) in [4.78, 5) is 11.0. The summed E-state index contributed by atoms with van der Waals surface area (Å²) in [6.07, 6.45) is 7.50. The van der Waals surface area contributed by atoms with Crippen molar-refractivity contribution in [3.8, 4) is 0 Å². The molecule has 1 saturated carbocycles. The zero-order chi connectivity index (χ0) is 21.1. The third kappa shape index (κ3) is 9.19. The van der Waals surface area contributed by atoms with Crippen molar-refractivity contribution in [3.05, 3.63) is 29.8 Å². The molecule has 2 aliphatic rings. The number of aryl methyl sites for hydroxylation is 1. The van der Waals surface area contributed by atoms with Gasteiger partial charge in [0.15, 0.2) is 0 Å². The zero-order valence-corrected chi connectivity index (χ0v) is 18.3. The number of likely N-dealkylation sites (N-methyl/N-ethyl adjacent to an activating group) is 1. The highest BCUT2D eigenvalue weighted by Crippen LogP contribution is 2.19. The lowest BCUT2D eigenvalue weighted by atomic mass is 9.96. The fourth-order valence-electron chi connectivity index (χ4n) is 3.35. The minimum Gasteiger partial charge on any atom is -0.378 e. The van der Waals surface area contributed by atoms with Crippen molar-refractivity contribution >= 4 is 16.1 Å². The number of morpholine rings is 1. The summed E-state index contributed by atoms with van der Waals surface area (Å²) in [7, 11) is -1.86. The molecule has 0 spiro atoms. The van der Waals surface area contributed by atoms with E-state index in [0.29, 0.717) is 12.1 Å². The summed E-state index contributed by atoms with van der Waals surface area (Å²) in [5, 5.41) is 0. The molecule has 0 bridgehead atoms. The van der Waals surface area contributed by atoms with Crippen molar-refractivity contribution in [3.63, 3.8) is 0 Å². The molecule has 3 rings (SSSR count). The molecule has 1 aromatic carbocycles. The van der Waals surface area contributed by atoms with E-state index in [1.807, 2.05) is 6.92 Å². The molecule has 0 aromatic heterocycles. The second-order valence-electron chi connectivity index (χ2n) is 7.69. The average molecular weight is 424 g/mol. The molecule has 2 fully saturated rings. The quantitative estimate of drug-likeness (QED) is 0.578. The molecular weight excluding hydrogens is 390 g/mol. The fourth-order valence-corrected chi connectivity index (χ4v) is 3.83. The van der Waals surface area contributed by atoms with Crippen molar-refractivity contribution in [1.82, 2.24) is 4.90 Å². The number of aliphatic imine (C=N–C) groups is 2. The van der Waals surface area contributed by atoms with Crippen LogP contribution in [0.1, 0.15) is 44.1 Å². The zero-order valence-electron chi connectivity index (χ0n) is 17.5. The normalized spacial score (nSPS) is 20.9. The maximum Gasteiger partial charge on any atom is 0.294 e. The van der Waals surface area contributed by atoms with Gasteiger partial charge in [-0.3, -0.25) is 9.45 Å². The first-order chi connectivity index (χ1) is 13.9. The van der Waals surface area contributed by atoms with Crippen LogP contribution in [0, 0.1) is 6.92 Å². The highest BCUT2D eigenvalue weighted by atomic mass is 32.2. The van der Waals surface area contributed by atoms with Gasteiger partial charge in [-0.1, -0.05) is 37.0 Å². The molecule has 162 valence electrons. The van der Waals surface area contributed by atoms with Crippen LogP contribution in [0.2, 0.25) is 0 Å². The number of hydrogen-bond donors (Lipinski definition) is 1. The first kappa shape index (κ1) is 23.7. The van der Waals surface area contributed by atoms with E-state index in [4.69, 9.17) is 9.29 Å². The Kier molecular flexibility index (Phi) is 9.97. The number of ether oxygens (including phenoxy) is 1. The Hall–Kier alpha value is -1.57. The summed E-state index contributed by atoms with van der Waals surface area (Å²) in [6.45, 7) is 5.39. The molecule has 1 aromatic rings. The van der Waals surface area contributed by atoms with Crippen LogP contribution >= 0.6 is 0 Å². The Morgan fingerprint density at radius 2 is 1.90 bits per heavy atom. The molecule has 1 N–H and O–H groups in total. The molecular formula is C21H33N3O4S. The van der Waals surface area contributed by atoms with Gasteiger partial charge in [-0.15, -0.1) is 0 Å². The van der Waals surface area contributed by atoms with Gasteiger partial charge in [-0.2, -0.15) is 8.42 Å². The monoisotopic (exact) mass is 423 g/mol. The van der Waals surface area contributed by atoms with Crippen molar-refractivity contribution in [2.45, 2.75) is 62.4 Å². The third-order valence-electron chi connectivity index (χ3n) is 5.30. The van der Waals surface area contributed by atoms with E-state index in [1.165, 1.54) is 44.2 Å². The van der Waals surface area contributed by atoms with E-state index in [2.05, 4.69) is 27.9 Å². The third-order valence-corrected chi connectivity index (χ3v) is 6.17. The minimum atomic E-state index is -4.02. The highest BCUT2D eigenvalue weighted by molar-refractivity contribution is 7.85. The lowest BCUT2D eigenvalue weighted by molar-refractivity contribution is 0.00396. The van der Waals surface area contributed by atoms with E-state index in [0.717, 1.165) is 38.3 Å². The van der Waals surface area contributed by atoms with Crippen LogP contribution < -0.4 is 0 Å². The van der Waals surface area contributed by atoms with Gasteiger partial charge in [0.25, 0.3) is 10.1 Å². The van der Waals surface area contributed by atoms with Gasteiger partial charge in [-0.05, 0) is 45.4 Å². The molecule has 1 aliphatic carbocycles. The largest absolute Gasteiger partial charge is 0.378 e. The Bertz CT molecular complexity index is 768. The van der Waals surface area contributed by atoms with Crippen molar-refractivity contribution in [2.75, 3.05) is 33.4 Å². The highest BCUT2D eigenvalue weighted by Gasteiger charge is 2.18. The van der Waals surface area contributed by atoms with Crippen LogP contribution in [0.4, 0.5) is 0 Å². The van der Waals surface area contributed by atoms with Crippen LogP contribution in [0.3, 0.4) is 0 Å². The second-order valence-corrected chi connectivity index (χ2v) is 9.11. The molecule has 8 heteroatoms. The molecule has 7 nitrogen and oxygen atoms in total. The van der Waals surface area contributed by atoms with Crippen LogP contribution in [0.15, 0.2) is 39.1 Å². The summed E-state index contributed by atoms with van der Waals surface area (Å²) in [6, 6.07) is 9.89. The van der Waals surface area contributed by atoms with E-state index in [9.17, 15) is 8.42 Å². The number of rotatable bonds is 5. The molecule has 0 radical (unpaired) electrons. The summed E-state index contributed by atoms with van der Waals surface area (Å²) in [5.41, 5.74) is 0.956. The van der Waals surface area contributed by atoms with Crippen LogP contribution in [0.25, 0.3) is 0 Å². The van der Waals surface area contributed by atoms with Gasteiger partial charge in [-0.25, -0.2) is 9.98 Å². The molecule has 1 heterocycles. The standard InChI is InChI=1S/C14H25N3O.C7H8O3S/c1-17-9-10-18-11-14(17)7-8-15-12-16-13-5-3-2-4-6-13;1-6-2-4-7(5-3-6)11(8,9)10/h13-14H,2-11H2,1H3;2-5H,1H3,(H,8,9,10). The smallest absolute Gasteiger partial charge is 0.294 e. The molecule has 1 unspecified atom stereocenters. The summed E-state index contributed by atoms with van der Waals surface area (Å²) in [5.74, 6) is 0. The molecule has 1 atom stereocenters. The van der Waals surface area contributed by atoms with E-state index < -0.39 is 10.1 Å². The second kappa shape index (κ2) is 12.2. The van der Waals surface area contributed by atoms with E-state index >= 15 is 0 Å². The van der Waals surface area contributed by atoms with Gasteiger partial charge in [0.05, 0.1) is 36.7 Å². The van der Waals surface area contributed by atoms with E-state index in [1.54, 1.807) is 12.1 Å². The maximum absolute atomic E-state index is 10.5. The summed E-state index contributed by atoms with van der Waals surface area (Å²) < 4.78 is 35.0. The lowest BCUT2D eigenvalue weighted by Crippen LogP contribution is -2.43.